The number of Topliss-reactive ketones (excluding diaryl/α,β-unsaturated/α-hetero) is 1. The maximum atomic E-state index is 11.5. The first-order chi connectivity index (χ1) is 6.99. The minimum Gasteiger partial charge on any atom is -0.611 e. The Morgan fingerprint density at radius 3 is 2.67 bits per heavy atom. The lowest BCUT2D eigenvalue weighted by atomic mass is 10.2. The molecule has 6 heteroatoms. The summed E-state index contributed by atoms with van der Waals surface area (Å²) in [5, 5.41) is 0.188. The first kappa shape index (κ1) is 12.3. The van der Waals surface area contributed by atoms with Crippen LogP contribution >= 0.6 is 11.6 Å². The highest BCUT2D eigenvalue weighted by molar-refractivity contribution is 7.90. The molecule has 4 nitrogen and oxygen atoms in total. The van der Waals surface area contributed by atoms with Gasteiger partial charge in [0.2, 0.25) is 4.90 Å². The van der Waals surface area contributed by atoms with Crippen molar-refractivity contribution in [1.82, 2.24) is 4.98 Å². The van der Waals surface area contributed by atoms with E-state index in [1.165, 1.54) is 26.5 Å². The van der Waals surface area contributed by atoms with E-state index in [9.17, 15) is 9.35 Å². The number of pyridine rings is 1. The molecule has 0 aliphatic carbocycles. The molecule has 0 radical (unpaired) electrons. The Hall–Kier alpha value is -0.780. The highest BCUT2D eigenvalue weighted by Crippen LogP contribution is 2.30. The molecule has 1 unspecified atom stereocenters. The third kappa shape index (κ3) is 2.42. The molecule has 1 rings (SSSR count). The fraction of sp³-hybridized carbons (Fsp3) is 0.333. The number of ether oxygens (including phenoxy) is 1. The average molecular weight is 248 g/mol. The number of rotatable bonds is 3. The van der Waals surface area contributed by atoms with E-state index in [0.717, 1.165) is 0 Å². The lowest BCUT2D eigenvalue weighted by molar-refractivity contribution is 0.101. The molecule has 0 fully saturated rings. The standard InChI is InChI=1S/C9H10ClNO3S/c1-5(12)7-6(10)4-11-9(14-2)8(7)15(3)13/h4H,1-3H3. The minimum absolute atomic E-state index is 0.172. The maximum Gasteiger partial charge on any atom is 0.271 e. The third-order valence-corrected chi connectivity index (χ3v) is 3.03. The molecule has 0 N–H and O–H groups in total. The summed E-state index contributed by atoms with van der Waals surface area (Å²) in [4.78, 5) is 15.5. The molecule has 1 aromatic heterocycles. The van der Waals surface area contributed by atoms with Gasteiger partial charge in [-0.3, -0.25) is 4.79 Å². The van der Waals surface area contributed by atoms with Crippen LogP contribution in [0.15, 0.2) is 11.1 Å². The van der Waals surface area contributed by atoms with Crippen molar-refractivity contribution in [2.24, 2.45) is 0 Å². The van der Waals surface area contributed by atoms with Gasteiger partial charge in [-0.25, -0.2) is 4.98 Å². The topological polar surface area (TPSA) is 62.2 Å². The second kappa shape index (κ2) is 4.83. The van der Waals surface area contributed by atoms with E-state index in [-0.39, 0.29) is 27.1 Å². The number of halogens is 1. The van der Waals surface area contributed by atoms with Gasteiger partial charge in [0.25, 0.3) is 5.88 Å². The van der Waals surface area contributed by atoms with Crippen molar-refractivity contribution in [3.8, 4) is 5.88 Å². The summed E-state index contributed by atoms with van der Waals surface area (Å²) in [6, 6.07) is 0. The van der Waals surface area contributed by atoms with E-state index in [2.05, 4.69) is 4.98 Å². The molecule has 0 aliphatic rings. The molecule has 0 spiro atoms. The molecular formula is C9H10ClNO3S. The summed E-state index contributed by atoms with van der Waals surface area (Å²) in [5.41, 5.74) is 0.212. The molecule has 82 valence electrons. The zero-order valence-electron chi connectivity index (χ0n) is 8.54. The smallest absolute Gasteiger partial charge is 0.271 e. The van der Waals surface area contributed by atoms with Crippen molar-refractivity contribution >= 4 is 28.6 Å². The summed E-state index contributed by atoms with van der Waals surface area (Å²) in [6.45, 7) is 1.36. The molecule has 0 aromatic carbocycles. The number of methoxy groups -OCH3 is 1. The van der Waals surface area contributed by atoms with Gasteiger partial charge >= 0.3 is 0 Å². The molecule has 1 heterocycles. The van der Waals surface area contributed by atoms with Gasteiger partial charge < -0.3 is 9.29 Å². The van der Waals surface area contributed by atoms with Gasteiger partial charge in [0.15, 0.2) is 5.78 Å². The molecule has 1 aromatic rings. The summed E-state index contributed by atoms with van der Waals surface area (Å²) >= 11 is 4.45. The SMILES string of the molecule is COc1ncc(Cl)c(C(C)=O)c1[S+](C)[O-]. The van der Waals surface area contributed by atoms with Crippen molar-refractivity contribution in [3.63, 3.8) is 0 Å². The predicted octanol–water partition coefficient (Wildman–Crippen LogP) is 1.68. The Morgan fingerprint density at radius 2 is 2.27 bits per heavy atom. The van der Waals surface area contributed by atoms with Crippen LogP contribution in [0.4, 0.5) is 0 Å². The second-order valence-corrected chi connectivity index (χ2v) is 4.55. The highest BCUT2D eigenvalue weighted by Gasteiger charge is 2.25. The van der Waals surface area contributed by atoms with Crippen molar-refractivity contribution in [3.05, 3.63) is 16.8 Å². The summed E-state index contributed by atoms with van der Waals surface area (Å²) in [6.07, 6.45) is 2.76. The van der Waals surface area contributed by atoms with Crippen molar-refractivity contribution < 1.29 is 14.1 Å². The normalized spacial score (nSPS) is 12.3. The first-order valence-electron chi connectivity index (χ1n) is 4.05. The van der Waals surface area contributed by atoms with Crippen LogP contribution in [0.25, 0.3) is 0 Å². The fourth-order valence-corrected chi connectivity index (χ4v) is 2.45. The Morgan fingerprint density at radius 1 is 1.67 bits per heavy atom. The van der Waals surface area contributed by atoms with Gasteiger partial charge in [-0.15, -0.1) is 0 Å². The second-order valence-electron chi connectivity index (χ2n) is 2.83. The molecule has 0 saturated heterocycles. The molecule has 0 saturated carbocycles. The van der Waals surface area contributed by atoms with E-state index in [0.29, 0.717) is 0 Å². The van der Waals surface area contributed by atoms with Gasteiger partial charge in [0.05, 0.1) is 23.9 Å². The minimum atomic E-state index is -1.38. The van der Waals surface area contributed by atoms with E-state index >= 15 is 0 Å². The zero-order valence-corrected chi connectivity index (χ0v) is 10.1. The fourth-order valence-electron chi connectivity index (χ4n) is 1.19. The zero-order chi connectivity index (χ0) is 11.6. The van der Waals surface area contributed by atoms with E-state index in [1.807, 2.05) is 0 Å². The molecular weight excluding hydrogens is 238 g/mol. The monoisotopic (exact) mass is 247 g/mol. The molecule has 0 amide bonds. The molecule has 15 heavy (non-hydrogen) atoms. The van der Waals surface area contributed by atoms with Crippen molar-refractivity contribution in [2.45, 2.75) is 11.8 Å². The van der Waals surface area contributed by atoms with Gasteiger partial charge in [-0.1, -0.05) is 11.6 Å². The van der Waals surface area contributed by atoms with Crippen LogP contribution in [0.3, 0.4) is 0 Å². The van der Waals surface area contributed by atoms with Crippen LogP contribution in [-0.2, 0) is 11.2 Å². The predicted molar refractivity (Wildman–Crippen MR) is 58.1 cm³/mol. The summed E-state index contributed by atoms with van der Waals surface area (Å²) in [7, 11) is 1.40. The Balaban J connectivity index is 3.51. The number of carbonyl (C=O) groups excluding carboxylic acids is 1. The lowest BCUT2D eigenvalue weighted by Crippen LogP contribution is -2.10. The Kier molecular flexibility index (Phi) is 3.96. The van der Waals surface area contributed by atoms with E-state index in [4.69, 9.17) is 16.3 Å². The largest absolute Gasteiger partial charge is 0.611 e. The summed E-state index contributed by atoms with van der Waals surface area (Å²) in [5.74, 6) is -0.0867. The first-order valence-corrected chi connectivity index (χ1v) is 5.99. The number of hydrogen-bond donors (Lipinski definition) is 0. The quantitative estimate of drug-likeness (QED) is 0.602. The van der Waals surface area contributed by atoms with Crippen LogP contribution in [-0.4, -0.2) is 28.7 Å². The van der Waals surface area contributed by atoms with Crippen molar-refractivity contribution in [1.29, 1.82) is 0 Å². The molecule has 0 bridgehead atoms. The maximum absolute atomic E-state index is 11.5. The summed E-state index contributed by atoms with van der Waals surface area (Å²) < 4.78 is 16.4. The molecule has 1 atom stereocenters. The Bertz CT molecular complexity index is 395. The van der Waals surface area contributed by atoms with Crippen LogP contribution < -0.4 is 4.74 Å². The third-order valence-electron chi connectivity index (χ3n) is 1.79. The van der Waals surface area contributed by atoms with Gasteiger partial charge in [-0.2, -0.15) is 0 Å². The van der Waals surface area contributed by atoms with Crippen LogP contribution in [0.1, 0.15) is 17.3 Å². The lowest BCUT2D eigenvalue weighted by Gasteiger charge is -2.12. The van der Waals surface area contributed by atoms with Crippen LogP contribution in [0.5, 0.6) is 5.88 Å². The number of nitrogens with zero attached hydrogens (tertiary/aromatic N) is 1. The number of aromatic nitrogens is 1. The van der Waals surface area contributed by atoms with Gasteiger partial charge in [0, 0.05) is 0 Å². The van der Waals surface area contributed by atoms with Gasteiger partial charge in [0.1, 0.15) is 6.26 Å². The average Bonchev–Trinajstić information content (AvgIpc) is 2.16. The van der Waals surface area contributed by atoms with E-state index < -0.39 is 11.2 Å². The molecule has 0 aliphatic heterocycles. The van der Waals surface area contributed by atoms with Gasteiger partial charge in [-0.05, 0) is 18.1 Å². The number of ketones is 1. The Labute approximate surface area is 95.8 Å². The highest BCUT2D eigenvalue weighted by atomic mass is 35.5. The number of hydrogen-bond acceptors (Lipinski definition) is 4. The van der Waals surface area contributed by atoms with E-state index in [1.54, 1.807) is 0 Å². The van der Waals surface area contributed by atoms with Crippen molar-refractivity contribution in [2.75, 3.05) is 13.4 Å². The number of carbonyl (C=O) groups is 1. The van der Waals surface area contributed by atoms with Crippen LogP contribution in [0.2, 0.25) is 5.02 Å². The van der Waals surface area contributed by atoms with Crippen LogP contribution in [0, 0.1) is 0 Å².